The Bertz CT molecular complexity index is 1190. The second kappa shape index (κ2) is 9.93. The lowest BCUT2D eigenvalue weighted by atomic mass is 9.89. The lowest BCUT2D eigenvalue weighted by Crippen LogP contribution is -2.51. The number of alkyl halides is 3. The molecule has 184 valence electrons. The SMILES string of the molecule is Cc1cc(F)cc(-c2ncccn2)c1C(=O)N1CCC[C@@H](C)[C@H]1CNc1ncc(C(F)(F)F)cn1. The Hall–Kier alpha value is -3.63. The van der Waals surface area contributed by atoms with E-state index in [2.05, 4.69) is 25.3 Å². The van der Waals surface area contributed by atoms with E-state index in [9.17, 15) is 22.4 Å². The molecule has 0 unspecified atom stereocenters. The van der Waals surface area contributed by atoms with Gasteiger partial charge in [-0.05, 0) is 49.4 Å². The minimum atomic E-state index is -4.52. The van der Waals surface area contributed by atoms with E-state index in [0.29, 0.717) is 23.2 Å². The zero-order valence-corrected chi connectivity index (χ0v) is 19.2. The third-order valence-electron chi connectivity index (χ3n) is 6.15. The highest BCUT2D eigenvalue weighted by Crippen LogP contribution is 2.31. The predicted molar refractivity (Wildman–Crippen MR) is 121 cm³/mol. The summed E-state index contributed by atoms with van der Waals surface area (Å²) < 4.78 is 52.6. The molecule has 3 aromatic rings. The van der Waals surface area contributed by atoms with Gasteiger partial charge >= 0.3 is 6.18 Å². The highest BCUT2D eigenvalue weighted by molar-refractivity contribution is 6.01. The summed E-state index contributed by atoms with van der Waals surface area (Å²) in [6.07, 6.45) is 1.63. The fraction of sp³-hybridized carbons (Fsp3) is 0.375. The summed E-state index contributed by atoms with van der Waals surface area (Å²) in [5, 5.41) is 2.96. The quantitative estimate of drug-likeness (QED) is 0.522. The van der Waals surface area contributed by atoms with Gasteiger partial charge in [0.25, 0.3) is 5.91 Å². The van der Waals surface area contributed by atoms with E-state index >= 15 is 0 Å². The molecule has 0 spiro atoms. The number of hydrogen-bond acceptors (Lipinski definition) is 6. The molecule has 2 atom stereocenters. The molecule has 1 fully saturated rings. The zero-order chi connectivity index (χ0) is 25.2. The van der Waals surface area contributed by atoms with Crippen LogP contribution in [0.25, 0.3) is 11.4 Å². The largest absolute Gasteiger partial charge is 0.419 e. The molecular weight excluding hydrogens is 464 g/mol. The van der Waals surface area contributed by atoms with E-state index in [1.807, 2.05) is 6.92 Å². The average molecular weight is 488 g/mol. The number of rotatable bonds is 5. The molecule has 1 aliphatic rings. The molecule has 7 nitrogen and oxygen atoms in total. The predicted octanol–water partition coefficient (Wildman–Crippen LogP) is 4.75. The van der Waals surface area contributed by atoms with Crippen LogP contribution in [0.4, 0.5) is 23.5 Å². The van der Waals surface area contributed by atoms with E-state index < -0.39 is 17.6 Å². The number of carbonyl (C=O) groups excluding carboxylic acids is 1. The van der Waals surface area contributed by atoms with Gasteiger partial charge in [0.05, 0.1) is 17.2 Å². The first-order chi connectivity index (χ1) is 16.6. The van der Waals surface area contributed by atoms with Crippen LogP contribution in [0.15, 0.2) is 43.0 Å². The number of halogens is 4. The molecule has 0 radical (unpaired) electrons. The van der Waals surface area contributed by atoms with Crippen molar-refractivity contribution in [2.75, 3.05) is 18.4 Å². The van der Waals surface area contributed by atoms with Crippen LogP contribution in [0.1, 0.15) is 41.3 Å². The Morgan fingerprint density at radius 2 is 1.83 bits per heavy atom. The molecular formula is C24H24F4N6O. The standard InChI is InChI=1S/C24H24F4N6O/c1-14-5-3-8-34(19(14)13-33-23-31-11-16(12-32-23)24(26,27)28)22(35)20-15(2)9-17(25)10-18(20)21-29-6-4-7-30-21/h4,6-7,9-12,14,19H,3,5,8,13H2,1-2H3,(H,31,32,33)/t14-,19-/m1/s1. The summed E-state index contributed by atoms with van der Waals surface area (Å²) in [6, 6.07) is 3.91. The van der Waals surface area contributed by atoms with E-state index in [-0.39, 0.29) is 36.2 Å². The highest BCUT2D eigenvalue weighted by Gasteiger charge is 2.35. The number of amides is 1. The van der Waals surface area contributed by atoms with E-state index in [4.69, 9.17) is 0 Å². The zero-order valence-electron chi connectivity index (χ0n) is 19.2. The maximum atomic E-state index is 14.3. The maximum Gasteiger partial charge on any atom is 0.419 e. The molecule has 2 aromatic heterocycles. The summed E-state index contributed by atoms with van der Waals surface area (Å²) >= 11 is 0. The Morgan fingerprint density at radius 1 is 1.14 bits per heavy atom. The van der Waals surface area contributed by atoms with Crippen LogP contribution in [0.3, 0.4) is 0 Å². The number of nitrogens with zero attached hydrogens (tertiary/aromatic N) is 5. The van der Waals surface area contributed by atoms with E-state index in [1.54, 1.807) is 17.9 Å². The van der Waals surface area contributed by atoms with E-state index in [1.165, 1.54) is 24.5 Å². The number of nitrogens with one attached hydrogen (secondary N) is 1. The van der Waals surface area contributed by atoms with Gasteiger partial charge < -0.3 is 10.2 Å². The van der Waals surface area contributed by atoms with Crippen LogP contribution < -0.4 is 5.32 Å². The fourth-order valence-electron chi connectivity index (χ4n) is 4.36. The van der Waals surface area contributed by atoms with Crippen molar-refractivity contribution in [3.05, 3.63) is 65.5 Å². The van der Waals surface area contributed by atoms with Crippen molar-refractivity contribution in [1.82, 2.24) is 24.8 Å². The summed E-state index contributed by atoms with van der Waals surface area (Å²) in [4.78, 5) is 31.4. The van der Waals surface area contributed by atoms with Gasteiger partial charge in [0.1, 0.15) is 5.82 Å². The van der Waals surface area contributed by atoms with Gasteiger partial charge in [-0.25, -0.2) is 24.3 Å². The second-order valence-electron chi connectivity index (χ2n) is 8.58. The Balaban J connectivity index is 1.60. The molecule has 11 heteroatoms. The van der Waals surface area contributed by atoms with Crippen molar-refractivity contribution in [3.63, 3.8) is 0 Å². The number of benzene rings is 1. The smallest absolute Gasteiger partial charge is 0.352 e. The molecule has 1 saturated heterocycles. The number of aryl methyl sites for hydroxylation is 1. The number of likely N-dealkylation sites (tertiary alicyclic amines) is 1. The minimum Gasteiger partial charge on any atom is -0.352 e. The van der Waals surface area contributed by atoms with Crippen molar-refractivity contribution >= 4 is 11.9 Å². The Kier molecular flexibility index (Phi) is 6.95. The molecule has 1 aliphatic heterocycles. The van der Waals surface area contributed by atoms with Gasteiger partial charge in [-0.15, -0.1) is 0 Å². The number of piperidine rings is 1. The average Bonchev–Trinajstić information content (AvgIpc) is 2.82. The van der Waals surface area contributed by atoms with Crippen molar-refractivity contribution in [2.45, 2.75) is 38.9 Å². The van der Waals surface area contributed by atoms with Crippen LogP contribution in [0.2, 0.25) is 0 Å². The molecule has 3 heterocycles. The third-order valence-corrected chi connectivity index (χ3v) is 6.15. The molecule has 0 aliphatic carbocycles. The van der Waals surface area contributed by atoms with Crippen molar-refractivity contribution in [2.24, 2.45) is 5.92 Å². The third kappa shape index (κ3) is 5.39. The number of carbonyl (C=O) groups is 1. The molecule has 1 N–H and O–H groups in total. The van der Waals surface area contributed by atoms with Crippen molar-refractivity contribution < 1.29 is 22.4 Å². The van der Waals surface area contributed by atoms with Crippen LogP contribution in [-0.2, 0) is 6.18 Å². The molecule has 1 aromatic carbocycles. The van der Waals surface area contributed by atoms with Gasteiger partial charge in [-0.3, -0.25) is 4.79 Å². The van der Waals surface area contributed by atoms with Crippen molar-refractivity contribution in [3.8, 4) is 11.4 Å². The number of anilines is 1. The summed E-state index contributed by atoms with van der Waals surface area (Å²) in [5.41, 5.74) is 0.161. The van der Waals surface area contributed by atoms with Gasteiger partial charge in [0.2, 0.25) is 5.95 Å². The first-order valence-corrected chi connectivity index (χ1v) is 11.2. The summed E-state index contributed by atoms with van der Waals surface area (Å²) in [7, 11) is 0. The molecule has 1 amide bonds. The molecule has 0 saturated carbocycles. The lowest BCUT2D eigenvalue weighted by Gasteiger charge is -2.40. The first kappa shape index (κ1) is 24.5. The van der Waals surface area contributed by atoms with Crippen LogP contribution in [0, 0.1) is 18.7 Å². The molecule has 0 bridgehead atoms. The minimum absolute atomic E-state index is 0.0412. The van der Waals surface area contributed by atoms with Crippen molar-refractivity contribution in [1.29, 1.82) is 0 Å². The lowest BCUT2D eigenvalue weighted by molar-refractivity contribution is -0.138. The molecule has 4 rings (SSSR count). The topological polar surface area (TPSA) is 83.9 Å². The highest BCUT2D eigenvalue weighted by atomic mass is 19.4. The maximum absolute atomic E-state index is 14.3. The number of hydrogen-bond donors (Lipinski definition) is 1. The van der Waals surface area contributed by atoms with Gasteiger partial charge in [0, 0.05) is 43.4 Å². The van der Waals surface area contributed by atoms with Gasteiger partial charge in [-0.2, -0.15) is 13.2 Å². The summed E-state index contributed by atoms with van der Waals surface area (Å²) in [5.74, 6) is -0.384. The van der Waals surface area contributed by atoms with Gasteiger partial charge in [-0.1, -0.05) is 6.92 Å². The Labute approximate surface area is 199 Å². The second-order valence-corrected chi connectivity index (χ2v) is 8.58. The van der Waals surface area contributed by atoms with Crippen LogP contribution >= 0.6 is 0 Å². The molecule has 35 heavy (non-hydrogen) atoms. The monoisotopic (exact) mass is 488 g/mol. The van der Waals surface area contributed by atoms with Crippen LogP contribution in [0.5, 0.6) is 0 Å². The van der Waals surface area contributed by atoms with Gasteiger partial charge in [0.15, 0.2) is 5.82 Å². The number of aromatic nitrogens is 4. The normalized spacial score (nSPS) is 18.4. The van der Waals surface area contributed by atoms with E-state index in [0.717, 1.165) is 25.2 Å². The summed E-state index contributed by atoms with van der Waals surface area (Å²) in [6.45, 7) is 4.41. The fourth-order valence-corrected chi connectivity index (χ4v) is 4.36. The van der Waals surface area contributed by atoms with Crippen LogP contribution in [-0.4, -0.2) is 49.9 Å². The first-order valence-electron chi connectivity index (χ1n) is 11.2. The Morgan fingerprint density at radius 3 is 2.49 bits per heavy atom.